The van der Waals surface area contributed by atoms with Crippen LogP contribution in [0.4, 0.5) is 5.69 Å². The quantitative estimate of drug-likeness (QED) is 0.792. The van der Waals surface area contributed by atoms with Crippen LogP contribution >= 0.6 is 27.3 Å². The third-order valence-electron chi connectivity index (χ3n) is 2.57. The molecule has 0 spiro atoms. The number of thiophene rings is 1. The Hall–Kier alpha value is -1.09. The molecule has 8 heteroatoms. The number of hydrogen-bond acceptors (Lipinski definition) is 5. The predicted molar refractivity (Wildman–Crippen MR) is 86.4 cm³/mol. The van der Waals surface area contributed by atoms with Gasteiger partial charge in [0.1, 0.15) is 10.6 Å². The van der Waals surface area contributed by atoms with E-state index >= 15 is 0 Å². The van der Waals surface area contributed by atoms with Gasteiger partial charge in [-0.3, -0.25) is 4.72 Å². The number of rotatable bonds is 6. The maximum atomic E-state index is 12.3. The van der Waals surface area contributed by atoms with Gasteiger partial charge >= 0.3 is 0 Å². The molecule has 2 rings (SSSR count). The molecule has 1 aromatic heterocycles. The average molecular weight is 392 g/mol. The Morgan fingerprint density at radius 2 is 2.00 bits per heavy atom. The molecule has 0 amide bonds. The zero-order chi connectivity index (χ0) is 15.5. The topological polar surface area (TPSA) is 75.6 Å². The highest BCUT2D eigenvalue weighted by Gasteiger charge is 2.21. The molecule has 1 aromatic carbocycles. The minimum atomic E-state index is -3.70. The van der Waals surface area contributed by atoms with E-state index in [1.54, 1.807) is 24.3 Å². The smallest absolute Gasteiger partial charge is 0.263 e. The number of aliphatic hydroxyl groups excluding tert-OH is 1. The first kappa shape index (κ1) is 16.3. The van der Waals surface area contributed by atoms with Crippen LogP contribution in [0.15, 0.2) is 39.0 Å². The molecule has 0 radical (unpaired) electrons. The maximum absolute atomic E-state index is 12.3. The summed E-state index contributed by atoms with van der Waals surface area (Å²) in [6.07, 6.45) is 0. The number of nitrogens with one attached hydrogen (secondary N) is 1. The molecule has 0 aliphatic heterocycles. The molecule has 0 aliphatic rings. The maximum Gasteiger partial charge on any atom is 0.263 e. The van der Waals surface area contributed by atoms with Crippen molar-refractivity contribution in [1.29, 1.82) is 0 Å². The predicted octanol–water partition coefficient (Wildman–Crippen LogP) is 3.20. The molecule has 0 aliphatic carbocycles. The summed E-state index contributed by atoms with van der Waals surface area (Å²) >= 11 is 4.40. The lowest BCUT2D eigenvalue weighted by atomic mass is 10.3. The van der Waals surface area contributed by atoms with Gasteiger partial charge in [-0.25, -0.2) is 8.42 Å². The number of ether oxygens (including phenoxy) is 1. The second kappa shape index (κ2) is 6.78. The Kier molecular flexibility index (Phi) is 5.26. The molecule has 0 saturated heterocycles. The van der Waals surface area contributed by atoms with E-state index in [1.165, 1.54) is 17.4 Å². The van der Waals surface area contributed by atoms with E-state index in [1.807, 2.05) is 6.92 Å². The highest BCUT2D eigenvalue weighted by Crippen LogP contribution is 2.33. The number of benzene rings is 1. The van der Waals surface area contributed by atoms with Crippen LogP contribution in [0.5, 0.6) is 5.75 Å². The molecule has 0 bridgehead atoms. The summed E-state index contributed by atoms with van der Waals surface area (Å²) in [7, 11) is -3.70. The molecule has 21 heavy (non-hydrogen) atoms. The van der Waals surface area contributed by atoms with Gasteiger partial charge in [-0.2, -0.15) is 0 Å². The summed E-state index contributed by atoms with van der Waals surface area (Å²) in [6, 6.07) is 8.11. The van der Waals surface area contributed by atoms with Crippen molar-refractivity contribution >= 4 is 43.0 Å². The van der Waals surface area contributed by atoms with Crippen LogP contribution in [0.1, 0.15) is 11.8 Å². The fourth-order valence-electron chi connectivity index (χ4n) is 1.65. The Labute approximate surface area is 135 Å². The fraction of sp³-hybridized carbons (Fsp3) is 0.231. The zero-order valence-corrected chi connectivity index (χ0v) is 14.4. The number of halogens is 1. The van der Waals surface area contributed by atoms with E-state index in [4.69, 9.17) is 9.84 Å². The Morgan fingerprint density at radius 1 is 1.33 bits per heavy atom. The van der Waals surface area contributed by atoms with Gasteiger partial charge < -0.3 is 9.84 Å². The van der Waals surface area contributed by atoms with Crippen molar-refractivity contribution in [2.24, 2.45) is 0 Å². The standard InChI is InChI=1S/C13H14BrNO4S2/c1-2-19-10-5-3-9(4-6-10)15-21(17,18)12-7-11(8-16)20-13(12)14/h3-7,15-16H,2,8H2,1H3. The minimum absolute atomic E-state index is 0.116. The highest BCUT2D eigenvalue weighted by molar-refractivity contribution is 9.11. The Bertz CT molecular complexity index is 710. The summed E-state index contributed by atoms with van der Waals surface area (Å²) in [5, 5.41) is 9.07. The van der Waals surface area contributed by atoms with Crippen molar-refractivity contribution in [2.45, 2.75) is 18.4 Å². The van der Waals surface area contributed by atoms with Crippen LogP contribution in [0.2, 0.25) is 0 Å². The van der Waals surface area contributed by atoms with Crippen molar-refractivity contribution < 1.29 is 18.3 Å². The molecule has 0 saturated carbocycles. The zero-order valence-electron chi connectivity index (χ0n) is 11.2. The molecule has 2 aromatic rings. The van der Waals surface area contributed by atoms with E-state index < -0.39 is 10.0 Å². The lowest BCUT2D eigenvalue weighted by Crippen LogP contribution is -2.12. The van der Waals surface area contributed by atoms with Crippen LogP contribution in [0.3, 0.4) is 0 Å². The molecule has 5 nitrogen and oxygen atoms in total. The SMILES string of the molecule is CCOc1ccc(NS(=O)(=O)c2cc(CO)sc2Br)cc1. The number of anilines is 1. The summed E-state index contributed by atoms with van der Waals surface area (Å²) in [5.41, 5.74) is 0.446. The molecule has 1 heterocycles. The van der Waals surface area contributed by atoms with E-state index in [-0.39, 0.29) is 11.5 Å². The van der Waals surface area contributed by atoms with E-state index in [0.717, 1.165) is 0 Å². The van der Waals surface area contributed by atoms with Gasteiger partial charge in [-0.05, 0) is 53.2 Å². The third-order valence-corrected chi connectivity index (χ3v) is 6.19. The monoisotopic (exact) mass is 391 g/mol. The van der Waals surface area contributed by atoms with Crippen LogP contribution in [-0.2, 0) is 16.6 Å². The number of hydrogen-bond donors (Lipinski definition) is 2. The number of sulfonamides is 1. The van der Waals surface area contributed by atoms with Gasteiger partial charge in [0.05, 0.1) is 17.0 Å². The second-order valence-corrected chi connectivity index (χ2v) is 8.18. The summed E-state index contributed by atoms with van der Waals surface area (Å²) < 4.78 is 32.9. The van der Waals surface area contributed by atoms with Crippen LogP contribution in [0, 0.1) is 0 Å². The van der Waals surface area contributed by atoms with Gasteiger partial charge in [0, 0.05) is 10.6 Å². The van der Waals surface area contributed by atoms with Gasteiger partial charge in [0.25, 0.3) is 10.0 Å². The first-order chi connectivity index (χ1) is 9.96. The number of aliphatic hydroxyl groups is 1. The van der Waals surface area contributed by atoms with Crippen molar-refractivity contribution in [2.75, 3.05) is 11.3 Å². The Balaban J connectivity index is 2.22. The summed E-state index contributed by atoms with van der Waals surface area (Å²) in [6.45, 7) is 2.24. The minimum Gasteiger partial charge on any atom is -0.494 e. The molecule has 114 valence electrons. The van der Waals surface area contributed by atoms with E-state index in [9.17, 15) is 8.42 Å². The lowest BCUT2D eigenvalue weighted by Gasteiger charge is -2.08. The van der Waals surface area contributed by atoms with Crippen molar-refractivity contribution in [1.82, 2.24) is 0 Å². The lowest BCUT2D eigenvalue weighted by molar-refractivity contribution is 0.285. The van der Waals surface area contributed by atoms with Gasteiger partial charge in [-0.1, -0.05) is 0 Å². The van der Waals surface area contributed by atoms with Crippen LogP contribution in [0.25, 0.3) is 0 Å². The fourth-order valence-corrected chi connectivity index (χ4v) is 5.26. The summed E-state index contributed by atoms with van der Waals surface area (Å²) in [4.78, 5) is 0.694. The van der Waals surface area contributed by atoms with Crippen LogP contribution < -0.4 is 9.46 Å². The largest absolute Gasteiger partial charge is 0.494 e. The molecule has 0 atom stereocenters. The molecular formula is C13H14BrNO4S2. The van der Waals surface area contributed by atoms with Gasteiger partial charge in [0.15, 0.2) is 0 Å². The van der Waals surface area contributed by atoms with Crippen molar-refractivity contribution in [3.8, 4) is 5.75 Å². The molecule has 0 fully saturated rings. The Morgan fingerprint density at radius 3 is 2.52 bits per heavy atom. The van der Waals surface area contributed by atoms with Gasteiger partial charge in [0.2, 0.25) is 0 Å². The highest BCUT2D eigenvalue weighted by atomic mass is 79.9. The first-order valence-corrected chi connectivity index (χ1v) is 9.20. The summed E-state index contributed by atoms with van der Waals surface area (Å²) in [5.74, 6) is 0.680. The van der Waals surface area contributed by atoms with Crippen molar-refractivity contribution in [3.63, 3.8) is 0 Å². The van der Waals surface area contributed by atoms with Gasteiger partial charge in [-0.15, -0.1) is 11.3 Å². The van der Waals surface area contributed by atoms with E-state index in [0.29, 0.717) is 26.7 Å². The molecular weight excluding hydrogens is 378 g/mol. The average Bonchev–Trinajstić information content (AvgIpc) is 2.83. The molecule has 0 unspecified atom stereocenters. The van der Waals surface area contributed by atoms with Crippen molar-refractivity contribution in [3.05, 3.63) is 39.0 Å². The third kappa shape index (κ3) is 3.97. The first-order valence-electron chi connectivity index (χ1n) is 6.11. The second-order valence-electron chi connectivity index (χ2n) is 4.07. The van der Waals surface area contributed by atoms with Crippen LogP contribution in [-0.4, -0.2) is 20.1 Å². The van der Waals surface area contributed by atoms with E-state index in [2.05, 4.69) is 20.7 Å². The normalized spacial score (nSPS) is 11.4. The molecule has 2 N–H and O–H groups in total.